The van der Waals surface area contributed by atoms with Crippen molar-refractivity contribution in [2.24, 2.45) is 13.0 Å². The van der Waals surface area contributed by atoms with Gasteiger partial charge in [0.2, 0.25) is 5.91 Å². The number of carbonyl (C=O) groups excluding carboxylic acids is 1. The fourth-order valence-electron chi connectivity index (χ4n) is 5.07. The van der Waals surface area contributed by atoms with E-state index in [1.165, 1.54) is 0 Å². The van der Waals surface area contributed by atoms with Gasteiger partial charge in [-0.15, -0.1) is 10.2 Å². The second-order valence-corrected chi connectivity index (χ2v) is 11.8. The maximum atomic E-state index is 11.9. The molecule has 2 heterocycles. The molecular weight excluding hydrogens is 580 g/mol. The van der Waals surface area contributed by atoms with Crippen molar-refractivity contribution in [3.05, 3.63) is 101 Å². The van der Waals surface area contributed by atoms with E-state index in [0.29, 0.717) is 12.3 Å². The zero-order chi connectivity index (χ0) is 31.1. The van der Waals surface area contributed by atoms with Crippen LogP contribution in [0.25, 0.3) is 11.1 Å². The summed E-state index contributed by atoms with van der Waals surface area (Å²) in [6.07, 6.45) is 0.521. The Kier molecular flexibility index (Phi) is 10.4. The first-order valence-electron chi connectivity index (χ1n) is 14.5. The minimum absolute atomic E-state index is 0.0132. The third kappa shape index (κ3) is 7.92. The summed E-state index contributed by atoms with van der Waals surface area (Å²) < 4.78 is 15.0. The van der Waals surface area contributed by atoms with Crippen LogP contribution in [-0.2, 0) is 39.3 Å². The molecule has 1 amide bonds. The number of carboxylic acid groups (broad SMARTS) is 1. The van der Waals surface area contributed by atoms with Crippen molar-refractivity contribution in [2.45, 2.75) is 56.6 Å². The summed E-state index contributed by atoms with van der Waals surface area (Å²) in [7, 11) is 1.92. The summed E-state index contributed by atoms with van der Waals surface area (Å²) in [5.41, 5.74) is 5.68. The number of thioether (sulfide) groups is 1. The predicted molar refractivity (Wildman–Crippen MR) is 165 cm³/mol. The van der Waals surface area contributed by atoms with Gasteiger partial charge in [-0.05, 0) is 33.9 Å². The highest BCUT2D eigenvalue weighted by molar-refractivity contribution is 7.99. The number of aliphatic hydroxyl groups is 1. The van der Waals surface area contributed by atoms with E-state index in [1.807, 2.05) is 84.4 Å². The lowest BCUT2D eigenvalue weighted by Gasteiger charge is -2.41. The van der Waals surface area contributed by atoms with E-state index in [-0.39, 0.29) is 43.5 Å². The Balaban J connectivity index is 1.31. The Morgan fingerprint density at radius 1 is 0.955 bits per heavy atom. The van der Waals surface area contributed by atoms with Crippen LogP contribution in [0.2, 0.25) is 0 Å². The predicted octanol–water partition coefficient (Wildman–Crippen LogP) is 5.04. The van der Waals surface area contributed by atoms with Crippen molar-refractivity contribution < 1.29 is 29.3 Å². The fraction of sp³-hybridized carbons (Fsp3) is 0.333. The number of nitrogens with one attached hydrogen (secondary N) is 1. The summed E-state index contributed by atoms with van der Waals surface area (Å²) in [5.74, 6) is -0.553. The number of aliphatic hydroxyl groups excluding tert-OH is 1. The van der Waals surface area contributed by atoms with Gasteiger partial charge < -0.3 is 29.6 Å². The highest BCUT2D eigenvalue weighted by atomic mass is 32.2. The smallest absolute Gasteiger partial charge is 0.303 e. The van der Waals surface area contributed by atoms with Gasteiger partial charge in [0.1, 0.15) is 6.33 Å². The van der Waals surface area contributed by atoms with E-state index in [1.54, 1.807) is 18.1 Å². The largest absolute Gasteiger partial charge is 0.481 e. The minimum Gasteiger partial charge on any atom is -0.481 e. The van der Waals surface area contributed by atoms with Crippen molar-refractivity contribution in [1.82, 2.24) is 20.1 Å². The molecule has 230 valence electrons. The highest BCUT2D eigenvalue weighted by Crippen LogP contribution is 2.43. The number of hydrogen-bond donors (Lipinski definition) is 3. The molecule has 3 aromatic carbocycles. The molecule has 11 heteroatoms. The lowest BCUT2D eigenvalue weighted by molar-refractivity contribution is -0.268. The second-order valence-electron chi connectivity index (χ2n) is 10.9. The molecular formula is C33H36N4O6S. The molecule has 44 heavy (non-hydrogen) atoms. The number of nitrogens with zero attached hydrogens (tertiary/aromatic N) is 3. The van der Waals surface area contributed by atoms with E-state index in [0.717, 1.165) is 38.5 Å². The molecule has 0 aliphatic carbocycles. The molecule has 1 aromatic heterocycles. The Morgan fingerprint density at radius 3 is 2.39 bits per heavy atom. The number of aliphatic carboxylic acids is 1. The number of carbonyl (C=O) groups is 2. The molecule has 4 unspecified atom stereocenters. The van der Waals surface area contributed by atoms with Gasteiger partial charge in [0, 0.05) is 37.2 Å². The zero-order valence-electron chi connectivity index (χ0n) is 24.6. The lowest BCUT2D eigenvalue weighted by Crippen LogP contribution is -2.38. The van der Waals surface area contributed by atoms with E-state index in [9.17, 15) is 14.7 Å². The summed E-state index contributed by atoms with van der Waals surface area (Å²) in [6, 6.07) is 23.8. The lowest BCUT2D eigenvalue weighted by atomic mass is 9.91. The van der Waals surface area contributed by atoms with Gasteiger partial charge >= 0.3 is 5.97 Å². The Morgan fingerprint density at radius 2 is 1.70 bits per heavy atom. The van der Waals surface area contributed by atoms with Crippen LogP contribution in [0.15, 0.2) is 84.3 Å². The molecule has 10 nitrogen and oxygen atoms in total. The SMILES string of the molecule is CC1C(CSc2nncn2C)OC(c2ccc(-c3cccc(CNC(=O)CCC(=O)O)c3)cc2)OC1c1ccc(CO)cc1. The van der Waals surface area contributed by atoms with Crippen LogP contribution in [-0.4, -0.2) is 48.7 Å². The monoisotopic (exact) mass is 616 g/mol. The molecule has 0 bridgehead atoms. The Labute approximate surface area is 260 Å². The van der Waals surface area contributed by atoms with E-state index in [4.69, 9.17) is 14.6 Å². The average Bonchev–Trinajstić information content (AvgIpc) is 3.46. The summed E-state index contributed by atoms with van der Waals surface area (Å²) in [6.45, 7) is 2.44. The number of rotatable bonds is 12. The third-order valence-corrected chi connectivity index (χ3v) is 8.79. The van der Waals surface area contributed by atoms with Gasteiger partial charge in [-0.3, -0.25) is 9.59 Å². The van der Waals surface area contributed by atoms with Crippen LogP contribution in [0, 0.1) is 5.92 Å². The molecule has 0 spiro atoms. The average molecular weight is 617 g/mol. The number of ether oxygens (including phenoxy) is 2. The van der Waals surface area contributed by atoms with Gasteiger partial charge in [-0.1, -0.05) is 85.4 Å². The van der Waals surface area contributed by atoms with Gasteiger partial charge in [0.25, 0.3) is 0 Å². The molecule has 1 saturated heterocycles. The Bertz CT molecular complexity index is 1560. The topological polar surface area (TPSA) is 136 Å². The number of amides is 1. The number of hydrogen-bond acceptors (Lipinski definition) is 8. The molecule has 1 aliphatic heterocycles. The first-order valence-corrected chi connectivity index (χ1v) is 15.4. The van der Waals surface area contributed by atoms with Gasteiger partial charge in [-0.25, -0.2) is 0 Å². The van der Waals surface area contributed by atoms with E-state index < -0.39 is 12.3 Å². The summed E-state index contributed by atoms with van der Waals surface area (Å²) >= 11 is 1.60. The summed E-state index contributed by atoms with van der Waals surface area (Å²) in [4.78, 5) is 22.7. The Hall–Kier alpha value is -4.03. The van der Waals surface area contributed by atoms with Crippen molar-refractivity contribution in [1.29, 1.82) is 0 Å². The molecule has 4 aromatic rings. The van der Waals surface area contributed by atoms with Crippen molar-refractivity contribution in [3.63, 3.8) is 0 Å². The fourth-order valence-corrected chi connectivity index (χ4v) is 6.12. The van der Waals surface area contributed by atoms with E-state index >= 15 is 0 Å². The van der Waals surface area contributed by atoms with Crippen LogP contribution >= 0.6 is 11.8 Å². The first kappa shape index (κ1) is 31.4. The van der Waals surface area contributed by atoms with E-state index in [2.05, 4.69) is 22.4 Å². The maximum absolute atomic E-state index is 11.9. The zero-order valence-corrected chi connectivity index (χ0v) is 25.4. The van der Waals surface area contributed by atoms with Crippen LogP contribution < -0.4 is 5.32 Å². The van der Waals surface area contributed by atoms with Gasteiger partial charge in [-0.2, -0.15) is 0 Å². The quantitative estimate of drug-likeness (QED) is 0.187. The summed E-state index contributed by atoms with van der Waals surface area (Å²) in [5, 5.41) is 30.1. The van der Waals surface area contributed by atoms with Crippen molar-refractivity contribution >= 4 is 23.6 Å². The molecule has 3 N–H and O–H groups in total. The van der Waals surface area contributed by atoms with Crippen LogP contribution in [0.5, 0.6) is 0 Å². The number of benzene rings is 3. The number of carboxylic acids is 1. The van der Waals surface area contributed by atoms with Crippen LogP contribution in [0.1, 0.15) is 54.4 Å². The molecule has 1 aliphatic rings. The van der Waals surface area contributed by atoms with Gasteiger partial charge in [0.05, 0.1) is 25.2 Å². The maximum Gasteiger partial charge on any atom is 0.303 e. The van der Waals surface area contributed by atoms with Crippen molar-refractivity contribution in [3.8, 4) is 11.1 Å². The molecule has 0 saturated carbocycles. The van der Waals surface area contributed by atoms with Gasteiger partial charge in [0.15, 0.2) is 11.4 Å². The number of aryl methyl sites for hydroxylation is 1. The normalized spacial score (nSPS) is 19.9. The number of aromatic nitrogens is 3. The minimum atomic E-state index is -0.993. The molecule has 0 radical (unpaired) electrons. The van der Waals surface area contributed by atoms with Crippen molar-refractivity contribution in [2.75, 3.05) is 5.75 Å². The van der Waals surface area contributed by atoms with Crippen LogP contribution in [0.4, 0.5) is 0 Å². The second kappa shape index (κ2) is 14.6. The molecule has 4 atom stereocenters. The standard InChI is InChI=1S/C33H36N4O6S/c1-21-28(19-44-33-36-35-20-37(33)2)42-32(43-31(21)25-8-6-22(18-38)7-9-25)26-12-10-24(11-13-26)27-5-3-4-23(16-27)17-34-29(39)14-15-30(40)41/h3-13,16,20-21,28,31-32,38H,14-15,17-19H2,1-2H3,(H,34,39)(H,40,41). The highest BCUT2D eigenvalue weighted by Gasteiger charge is 2.38. The van der Waals surface area contributed by atoms with Crippen LogP contribution in [0.3, 0.4) is 0 Å². The first-order chi connectivity index (χ1) is 21.3. The molecule has 1 fully saturated rings. The third-order valence-electron chi connectivity index (χ3n) is 7.67. The molecule has 5 rings (SSSR count).